The monoisotopic (exact) mass is 257 g/mol. The van der Waals surface area contributed by atoms with Gasteiger partial charge in [0.25, 0.3) is 0 Å². The average molecular weight is 257 g/mol. The van der Waals surface area contributed by atoms with Gasteiger partial charge in [-0.25, -0.2) is 0 Å². The predicted molar refractivity (Wildman–Crippen MR) is 77.6 cm³/mol. The van der Waals surface area contributed by atoms with Gasteiger partial charge in [0, 0.05) is 24.8 Å². The molecular formula is C17H11N3. The Morgan fingerprint density at radius 3 is 1.50 bits per heavy atom. The molecule has 3 nitrogen and oxygen atoms in total. The highest BCUT2D eigenvalue weighted by Gasteiger charge is 2.05. The molecule has 2 heterocycles. The van der Waals surface area contributed by atoms with Crippen LogP contribution >= 0.6 is 0 Å². The first-order valence-corrected chi connectivity index (χ1v) is 6.23. The van der Waals surface area contributed by atoms with E-state index in [1.165, 1.54) is 0 Å². The molecule has 20 heavy (non-hydrogen) atoms. The minimum atomic E-state index is 0.645. The van der Waals surface area contributed by atoms with Gasteiger partial charge in [0.15, 0.2) is 0 Å². The molecule has 0 saturated heterocycles. The molecule has 0 amide bonds. The maximum Gasteiger partial charge on any atom is 0.0992 e. The van der Waals surface area contributed by atoms with Crippen molar-refractivity contribution >= 4 is 0 Å². The van der Waals surface area contributed by atoms with Crippen LogP contribution in [-0.4, -0.2) is 9.97 Å². The molecule has 0 atom stereocenters. The molecule has 2 aromatic heterocycles. The van der Waals surface area contributed by atoms with E-state index in [2.05, 4.69) is 22.1 Å². The highest BCUT2D eigenvalue weighted by molar-refractivity contribution is 5.74. The number of benzene rings is 1. The summed E-state index contributed by atoms with van der Waals surface area (Å²) in [6.45, 7) is 0. The molecule has 0 radical (unpaired) electrons. The van der Waals surface area contributed by atoms with Crippen LogP contribution in [0.4, 0.5) is 0 Å². The molecule has 94 valence electrons. The van der Waals surface area contributed by atoms with E-state index in [4.69, 9.17) is 0 Å². The van der Waals surface area contributed by atoms with Crippen molar-refractivity contribution in [3.05, 3.63) is 72.8 Å². The van der Waals surface area contributed by atoms with Crippen molar-refractivity contribution in [3.8, 4) is 28.3 Å². The van der Waals surface area contributed by atoms with E-state index in [-0.39, 0.29) is 0 Å². The summed E-state index contributed by atoms with van der Waals surface area (Å²) in [6.07, 6.45) is 7.00. The van der Waals surface area contributed by atoms with Crippen LogP contribution in [-0.2, 0) is 0 Å². The van der Waals surface area contributed by atoms with Crippen molar-refractivity contribution in [1.29, 1.82) is 5.26 Å². The zero-order chi connectivity index (χ0) is 13.8. The maximum atomic E-state index is 9.21. The molecular weight excluding hydrogens is 246 g/mol. The van der Waals surface area contributed by atoms with Crippen LogP contribution in [0.5, 0.6) is 0 Å². The fourth-order valence-electron chi connectivity index (χ4n) is 2.11. The maximum absolute atomic E-state index is 9.21. The summed E-state index contributed by atoms with van der Waals surface area (Å²) in [5.41, 5.74) is 4.77. The number of aromatic nitrogens is 2. The third kappa shape index (κ3) is 2.40. The lowest BCUT2D eigenvalue weighted by atomic mass is 9.97. The van der Waals surface area contributed by atoms with Gasteiger partial charge in [0.1, 0.15) is 0 Å². The molecule has 0 spiro atoms. The Morgan fingerprint density at radius 1 is 0.650 bits per heavy atom. The van der Waals surface area contributed by atoms with Gasteiger partial charge in [-0.15, -0.1) is 0 Å². The minimum Gasteiger partial charge on any atom is -0.265 e. The molecule has 0 aliphatic rings. The fourth-order valence-corrected chi connectivity index (χ4v) is 2.11. The highest BCUT2D eigenvalue weighted by atomic mass is 14.6. The van der Waals surface area contributed by atoms with E-state index < -0.39 is 0 Å². The molecule has 0 aliphatic heterocycles. The highest BCUT2D eigenvalue weighted by Crippen LogP contribution is 2.27. The van der Waals surface area contributed by atoms with Gasteiger partial charge in [-0.3, -0.25) is 9.97 Å². The number of hydrogen-bond donors (Lipinski definition) is 0. The van der Waals surface area contributed by atoms with E-state index >= 15 is 0 Å². The first-order chi connectivity index (χ1) is 9.86. The Morgan fingerprint density at radius 2 is 1.10 bits per heavy atom. The van der Waals surface area contributed by atoms with Crippen LogP contribution in [0.2, 0.25) is 0 Å². The van der Waals surface area contributed by atoms with Crippen molar-refractivity contribution in [2.24, 2.45) is 0 Å². The standard InChI is InChI=1S/C17H11N3/c18-12-13-9-16(14-1-5-19-6-2-14)11-17(10-13)15-3-7-20-8-4-15/h1-11H. The summed E-state index contributed by atoms with van der Waals surface area (Å²) in [5, 5.41) is 9.21. The lowest BCUT2D eigenvalue weighted by Crippen LogP contribution is -1.85. The number of pyridine rings is 2. The Kier molecular flexibility index (Phi) is 3.22. The van der Waals surface area contributed by atoms with Crippen molar-refractivity contribution in [1.82, 2.24) is 9.97 Å². The smallest absolute Gasteiger partial charge is 0.0992 e. The number of hydrogen-bond acceptors (Lipinski definition) is 3. The van der Waals surface area contributed by atoms with Gasteiger partial charge in [0.05, 0.1) is 11.6 Å². The lowest BCUT2D eigenvalue weighted by molar-refractivity contribution is 1.32. The largest absolute Gasteiger partial charge is 0.265 e. The molecule has 0 unspecified atom stereocenters. The Bertz CT molecular complexity index is 701. The predicted octanol–water partition coefficient (Wildman–Crippen LogP) is 3.68. The van der Waals surface area contributed by atoms with Crippen LogP contribution in [0.3, 0.4) is 0 Å². The topological polar surface area (TPSA) is 49.6 Å². The third-order valence-electron chi connectivity index (χ3n) is 3.09. The van der Waals surface area contributed by atoms with Crippen molar-refractivity contribution in [2.75, 3.05) is 0 Å². The zero-order valence-electron chi connectivity index (χ0n) is 10.7. The van der Waals surface area contributed by atoms with Crippen molar-refractivity contribution < 1.29 is 0 Å². The quantitative estimate of drug-likeness (QED) is 0.703. The zero-order valence-corrected chi connectivity index (χ0v) is 10.7. The summed E-state index contributed by atoms with van der Waals surface area (Å²) in [5.74, 6) is 0. The second-order valence-electron chi connectivity index (χ2n) is 4.38. The average Bonchev–Trinajstić information content (AvgIpc) is 2.56. The minimum absolute atomic E-state index is 0.645. The molecule has 3 aromatic rings. The fraction of sp³-hybridized carbons (Fsp3) is 0. The molecule has 0 saturated carbocycles. The van der Waals surface area contributed by atoms with Crippen molar-refractivity contribution in [2.45, 2.75) is 0 Å². The number of nitrogens with zero attached hydrogens (tertiary/aromatic N) is 3. The van der Waals surface area contributed by atoms with Crippen molar-refractivity contribution in [3.63, 3.8) is 0 Å². The normalized spacial score (nSPS) is 9.95. The molecule has 3 rings (SSSR count). The Balaban J connectivity index is 2.16. The van der Waals surface area contributed by atoms with Crippen LogP contribution in [0.15, 0.2) is 67.3 Å². The first kappa shape index (κ1) is 12.1. The first-order valence-electron chi connectivity index (χ1n) is 6.23. The van der Waals surface area contributed by atoms with Gasteiger partial charge in [-0.1, -0.05) is 0 Å². The van der Waals surface area contributed by atoms with E-state index in [0.29, 0.717) is 5.56 Å². The van der Waals surface area contributed by atoms with E-state index in [1.807, 2.05) is 36.4 Å². The van der Waals surface area contributed by atoms with E-state index in [0.717, 1.165) is 22.3 Å². The SMILES string of the molecule is N#Cc1cc(-c2ccncc2)cc(-c2ccncc2)c1. The van der Waals surface area contributed by atoms with Crippen LogP contribution in [0.1, 0.15) is 5.56 Å². The number of nitriles is 1. The summed E-state index contributed by atoms with van der Waals surface area (Å²) < 4.78 is 0. The molecule has 0 aliphatic carbocycles. The van der Waals surface area contributed by atoms with Gasteiger partial charge < -0.3 is 0 Å². The molecule has 0 N–H and O–H groups in total. The Labute approximate surface area is 117 Å². The third-order valence-corrected chi connectivity index (χ3v) is 3.09. The molecule has 0 fully saturated rings. The van der Waals surface area contributed by atoms with Gasteiger partial charge in [-0.2, -0.15) is 5.26 Å². The van der Waals surface area contributed by atoms with Crippen LogP contribution < -0.4 is 0 Å². The second-order valence-corrected chi connectivity index (χ2v) is 4.38. The molecule has 0 bridgehead atoms. The summed E-state index contributed by atoms with van der Waals surface area (Å²) in [4.78, 5) is 8.04. The second kappa shape index (κ2) is 5.33. The Hall–Kier alpha value is -2.99. The lowest BCUT2D eigenvalue weighted by Gasteiger charge is -2.07. The van der Waals surface area contributed by atoms with Gasteiger partial charge in [0.2, 0.25) is 0 Å². The van der Waals surface area contributed by atoms with E-state index in [1.54, 1.807) is 24.8 Å². The molecule has 1 aromatic carbocycles. The summed E-state index contributed by atoms with van der Waals surface area (Å²) >= 11 is 0. The summed E-state index contributed by atoms with van der Waals surface area (Å²) in [6, 6.07) is 15.8. The van der Waals surface area contributed by atoms with Crippen LogP contribution in [0.25, 0.3) is 22.3 Å². The summed E-state index contributed by atoms with van der Waals surface area (Å²) in [7, 11) is 0. The van der Waals surface area contributed by atoms with Crippen LogP contribution in [0, 0.1) is 11.3 Å². The number of rotatable bonds is 2. The molecule has 3 heteroatoms. The van der Waals surface area contributed by atoms with Gasteiger partial charge >= 0.3 is 0 Å². The van der Waals surface area contributed by atoms with Gasteiger partial charge in [-0.05, 0) is 64.7 Å². The van der Waals surface area contributed by atoms with E-state index in [9.17, 15) is 5.26 Å².